The molecule has 0 unspecified atom stereocenters. The Balaban J connectivity index is 1.24. The van der Waals surface area contributed by atoms with Gasteiger partial charge in [-0.1, -0.05) is 59.5 Å². The number of imide groups is 1. The van der Waals surface area contributed by atoms with Crippen LogP contribution in [0.5, 0.6) is 5.75 Å². The number of methoxy groups -OCH3 is 1. The Bertz CT molecular complexity index is 1910. The number of hydrogen-bond donors (Lipinski definition) is 1. The molecular weight excluding hydrogens is 574 g/mol. The molecule has 2 aliphatic rings. The van der Waals surface area contributed by atoms with Crippen molar-refractivity contribution in [1.82, 2.24) is 4.57 Å². The number of aromatic nitrogens is 1. The van der Waals surface area contributed by atoms with Crippen LogP contribution < -0.4 is 19.8 Å². The van der Waals surface area contributed by atoms with Crippen LogP contribution in [0.2, 0.25) is 0 Å². The number of furan rings is 1. The summed E-state index contributed by atoms with van der Waals surface area (Å²) in [6.07, 6.45) is 1.51. The Morgan fingerprint density at radius 1 is 0.952 bits per heavy atom. The van der Waals surface area contributed by atoms with Gasteiger partial charge in [-0.25, -0.2) is 4.90 Å². The van der Waals surface area contributed by atoms with Crippen LogP contribution in [0.15, 0.2) is 99.4 Å². The van der Waals surface area contributed by atoms with E-state index in [2.05, 4.69) is 5.32 Å². The van der Waals surface area contributed by atoms with Crippen LogP contribution in [0.25, 0.3) is 10.8 Å². The van der Waals surface area contributed by atoms with Crippen molar-refractivity contribution in [3.05, 3.63) is 105 Å². The normalized spacial score (nSPS) is 19.5. The van der Waals surface area contributed by atoms with Crippen molar-refractivity contribution in [1.29, 1.82) is 0 Å². The number of carbonyl (C=O) groups is 3. The summed E-state index contributed by atoms with van der Waals surface area (Å²) in [5, 5.41) is 4.50. The van der Waals surface area contributed by atoms with Gasteiger partial charge < -0.3 is 14.5 Å². The van der Waals surface area contributed by atoms with E-state index in [1.165, 1.54) is 15.7 Å². The van der Waals surface area contributed by atoms with E-state index in [0.717, 1.165) is 33.9 Å². The number of rotatable bonds is 6. The molecule has 0 aliphatic carbocycles. The maximum absolute atomic E-state index is 13.9. The third-order valence-electron chi connectivity index (χ3n) is 7.60. The Morgan fingerprint density at radius 3 is 2.50 bits per heavy atom. The van der Waals surface area contributed by atoms with Gasteiger partial charge in [-0.3, -0.25) is 23.7 Å². The highest BCUT2D eigenvalue weighted by molar-refractivity contribution is 8.00. The lowest BCUT2D eigenvalue weighted by Gasteiger charge is -2.29. The van der Waals surface area contributed by atoms with Gasteiger partial charge in [0, 0.05) is 11.1 Å². The monoisotopic (exact) mass is 597 g/mol. The van der Waals surface area contributed by atoms with E-state index in [1.54, 1.807) is 43.5 Å². The average molecular weight is 598 g/mol. The second-order valence-electron chi connectivity index (χ2n) is 9.97. The molecule has 1 N–H and O–H groups in total. The van der Waals surface area contributed by atoms with E-state index in [1.807, 2.05) is 42.5 Å². The number of ether oxygens (including phenoxy) is 1. The number of nitrogens with one attached hydrogen (secondary N) is 1. The first-order valence-electron chi connectivity index (χ1n) is 13.2. The van der Waals surface area contributed by atoms with Crippen molar-refractivity contribution in [3.63, 3.8) is 0 Å². The standard InChI is InChI=1S/C31H23N3O6S2/c1-39-19-13-11-18(12-14-19)34-28(36)25-24(22-10-5-15-40-22)27-30(41-26(25)29(34)37)33(31(38)42-27)16-23(35)32-21-9-4-7-17-6-2-3-8-20(17)21/h2-15,24-26H,16H2,1H3,(H,32,35)/t24-,25-,26+/m0/s1. The Labute approximate surface area is 247 Å². The molecule has 1 saturated heterocycles. The van der Waals surface area contributed by atoms with Crippen LogP contribution in [-0.2, 0) is 20.9 Å². The molecule has 210 valence electrons. The predicted molar refractivity (Wildman–Crippen MR) is 160 cm³/mol. The van der Waals surface area contributed by atoms with Crippen molar-refractivity contribution in [2.45, 2.75) is 22.7 Å². The minimum absolute atomic E-state index is 0.243. The summed E-state index contributed by atoms with van der Waals surface area (Å²) in [6, 6.07) is 23.5. The highest BCUT2D eigenvalue weighted by Crippen LogP contribution is 2.54. The number of nitrogens with zero attached hydrogens (tertiary/aromatic N) is 2. The minimum Gasteiger partial charge on any atom is -0.497 e. The Hall–Kier alpha value is -4.61. The van der Waals surface area contributed by atoms with Gasteiger partial charge in [0.05, 0.1) is 40.8 Å². The summed E-state index contributed by atoms with van der Waals surface area (Å²) < 4.78 is 12.4. The first-order valence-corrected chi connectivity index (χ1v) is 14.9. The van der Waals surface area contributed by atoms with Crippen LogP contribution in [0.3, 0.4) is 0 Å². The quantitative estimate of drug-likeness (QED) is 0.271. The molecule has 3 amide bonds. The van der Waals surface area contributed by atoms with E-state index in [9.17, 15) is 19.2 Å². The van der Waals surface area contributed by atoms with Crippen molar-refractivity contribution in [2.75, 3.05) is 17.3 Å². The van der Waals surface area contributed by atoms with Crippen molar-refractivity contribution >= 4 is 63.0 Å². The first-order chi connectivity index (χ1) is 20.4. The summed E-state index contributed by atoms with van der Waals surface area (Å²) in [7, 11) is 1.54. The molecule has 3 aromatic carbocycles. The molecule has 3 atom stereocenters. The van der Waals surface area contributed by atoms with Gasteiger partial charge in [0.15, 0.2) is 0 Å². The molecular formula is C31H23N3O6S2. The first kappa shape index (κ1) is 26.3. The van der Waals surface area contributed by atoms with Crippen molar-refractivity contribution < 1.29 is 23.5 Å². The molecule has 0 spiro atoms. The molecule has 5 aromatic rings. The number of carbonyl (C=O) groups excluding carboxylic acids is 3. The van der Waals surface area contributed by atoms with Gasteiger partial charge in [-0.05, 0) is 47.9 Å². The molecule has 1 fully saturated rings. The molecule has 0 radical (unpaired) electrons. The van der Waals surface area contributed by atoms with Gasteiger partial charge in [0.25, 0.3) is 0 Å². The number of thiazole rings is 1. The SMILES string of the molecule is COc1ccc(N2C(=O)[C@H]3[C@H](c4ccco4)c4sc(=O)n(CC(=O)Nc5cccc6ccccc56)c4S[C@H]3C2=O)cc1. The molecule has 9 nitrogen and oxygen atoms in total. The fraction of sp³-hybridized carbons (Fsp3) is 0.161. The van der Waals surface area contributed by atoms with E-state index < -0.39 is 17.1 Å². The second-order valence-corrected chi connectivity index (χ2v) is 12.1. The highest BCUT2D eigenvalue weighted by Gasteiger charge is 2.57. The Morgan fingerprint density at radius 2 is 1.74 bits per heavy atom. The van der Waals surface area contributed by atoms with Gasteiger partial charge in [0.2, 0.25) is 17.7 Å². The summed E-state index contributed by atoms with van der Waals surface area (Å²) in [6.45, 7) is -0.243. The van der Waals surface area contributed by atoms with Crippen LogP contribution in [0.1, 0.15) is 16.6 Å². The van der Waals surface area contributed by atoms with Gasteiger partial charge >= 0.3 is 4.87 Å². The Kier molecular flexibility index (Phi) is 6.47. The smallest absolute Gasteiger partial charge is 0.308 e. The summed E-state index contributed by atoms with van der Waals surface area (Å²) in [4.78, 5) is 55.7. The van der Waals surface area contributed by atoms with Crippen molar-refractivity contribution in [3.8, 4) is 5.75 Å². The van der Waals surface area contributed by atoms with Crippen LogP contribution >= 0.6 is 23.1 Å². The molecule has 2 aromatic heterocycles. The lowest BCUT2D eigenvalue weighted by Crippen LogP contribution is -2.32. The molecule has 0 saturated carbocycles. The van der Waals surface area contributed by atoms with E-state index in [4.69, 9.17) is 9.15 Å². The molecule has 7 rings (SSSR count). The third-order valence-corrected chi connectivity index (χ3v) is 10.2. The maximum atomic E-state index is 13.9. The number of amides is 3. The lowest BCUT2D eigenvalue weighted by atomic mass is 9.87. The number of benzene rings is 3. The zero-order valence-corrected chi connectivity index (χ0v) is 23.8. The van der Waals surface area contributed by atoms with Crippen LogP contribution in [-0.4, -0.2) is 34.6 Å². The fourth-order valence-corrected chi connectivity index (χ4v) is 8.44. The van der Waals surface area contributed by atoms with E-state index in [0.29, 0.717) is 32.8 Å². The van der Waals surface area contributed by atoms with Gasteiger partial charge in [-0.15, -0.1) is 0 Å². The fourth-order valence-electron chi connectivity index (χ4n) is 5.68. The third kappa shape index (κ3) is 4.24. The summed E-state index contributed by atoms with van der Waals surface area (Å²) in [5.41, 5.74) is 1.08. The molecule has 4 heterocycles. The largest absolute Gasteiger partial charge is 0.497 e. The second kappa shape index (κ2) is 10.3. The van der Waals surface area contributed by atoms with E-state index in [-0.39, 0.29) is 29.1 Å². The molecule has 11 heteroatoms. The number of thioether (sulfide) groups is 1. The number of fused-ring (bicyclic) bond motifs is 3. The van der Waals surface area contributed by atoms with E-state index >= 15 is 0 Å². The van der Waals surface area contributed by atoms with Crippen molar-refractivity contribution in [2.24, 2.45) is 5.92 Å². The summed E-state index contributed by atoms with van der Waals surface area (Å²) >= 11 is 2.14. The van der Waals surface area contributed by atoms with Gasteiger partial charge in [-0.2, -0.15) is 0 Å². The molecule has 42 heavy (non-hydrogen) atoms. The topological polar surface area (TPSA) is 111 Å². The minimum atomic E-state index is -0.802. The number of hydrogen-bond acceptors (Lipinski definition) is 8. The maximum Gasteiger partial charge on any atom is 0.308 e. The van der Waals surface area contributed by atoms with Crippen LogP contribution in [0.4, 0.5) is 11.4 Å². The zero-order chi connectivity index (χ0) is 29.0. The molecule has 0 bridgehead atoms. The number of anilines is 2. The summed E-state index contributed by atoms with van der Waals surface area (Å²) in [5.74, 6) is -1.46. The predicted octanol–water partition coefficient (Wildman–Crippen LogP) is 5.10. The van der Waals surface area contributed by atoms with Gasteiger partial charge in [0.1, 0.15) is 23.3 Å². The van der Waals surface area contributed by atoms with Crippen LogP contribution in [0, 0.1) is 5.92 Å². The molecule has 2 aliphatic heterocycles. The lowest BCUT2D eigenvalue weighted by molar-refractivity contribution is -0.122. The highest BCUT2D eigenvalue weighted by atomic mass is 32.2. The average Bonchev–Trinajstić information content (AvgIpc) is 3.70. The zero-order valence-electron chi connectivity index (χ0n) is 22.2.